The van der Waals surface area contributed by atoms with Crippen molar-refractivity contribution in [3.63, 3.8) is 0 Å². The van der Waals surface area contributed by atoms with E-state index in [-0.39, 0.29) is 55.4 Å². The van der Waals surface area contributed by atoms with Crippen LogP contribution >= 0.6 is 0 Å². The second kappa shape index (κ2) is 23.8. The molecule has 1 aliphatic carbocycles. The van der Waals surface area contributed by atoms with Gasteiger partial charge in [0.1, 0.15) is 24.0 Å². The van der Waals surface area contributed by atoms with Crippen LogP contribution in [0.1, 0.15) is 121 Å². The number of Topliss-reactive ketones (excluding diaryl/α,β-unsaturated/α-hetero) is 2. The minimum Gasteiger partial charge on any atom is -0.478 e. The zero-order chi connectivity index (χ0) is 48.5. The molecular formula is C51H73NO14. The summed E-state index contributed by atoms with van der Waals surface area (Å²) in [4.78, 5) is 70.2. The molecule has 3 aliphatic heterocycles. The lowest BCUT2D eigenvalue weighted by molar-refractivity contribution is -0.302. The maximum atomic E-state index is 14.5. The molecule has 2 bridgehead atoms. The molecule has 3 heterocycles. The maximum absolute atomic E-state index is 14.5. The van der Waals surface area contributed by atoms with Gasteiger partial charge in [-0.2, -0.15) is 0 Å². The van der Waals surface area contributed by atoms with E-state index in [1.54, 1.807) is 40.0 Å². The van der Waals surface area contributed by atoms with E-state index in [4.69, 9.17) is 23.7 Å². The summed E-state index contributed by atoms with van der Waals surface area (Å²) in [6, 6.07) is 5.20. The summed E-state index contributed by atoms with van der Waals surface area (Å²) >= 11 is 0. The number of aliphatic hydroxyl groups excluding tert-OH is 2. The number of aliphatic hydroxyl groups is 3. The van der Waals surface area contributed by atoms with Gasteiger partial charge >= 0.3 is 11.9 Å². The molecule has 66 heavy (non-hydrogen) atoms. The second-order valence-corrected chi connectivity index (χ2v) is 19.3. The van der Waals surface area contributed by atoms with E-state index < -0.39 is 95.9 Å². The van der Waals surface area contributed by atoms with Crippen molar-refractivity contribution < 1.29 is 68.1 Å². The number of hydrogen-bond acceptors (Lipinski definition) is 13. The number of carbonyl (C=O) groups is 5. The Hall–Kier alpha value is -4.09. The Morgan fingerprint density at radius 1 is 0.879 bits per heavy atom. The van der Waals surface area contributed by atoms with Crippen molar-refractivity contribution in [1.82, 2.24) is 4.90 Å². The van der Waals surface area contributed by atoms with Crippen LogP contribution in [0.4, 0.5) is 0 Å². The third-order valence-electron chi connectivity index (χ3n) is 14.3. The zero-order valence-electron chi connectivity index (χ0n) is 39.9. The Bertz CT molecular complexity index is 1940. The molecule has 2 saturated heterocycles. The smallest absolute Gasteiger partial charge is 0.335 e. The van der Waals surface area contributed by atoms with Crippen LogP contribution in [0.25, 0.3) is 6.08 Å². The van der Waals surface area contributed by atoms with Gasteiger partial charge in [-0.3, -0.25) is 14.4 Å². The van der Waals surface area contributed by atoms with Crippen LogP contribution in [0.2, 0.25) is 0 Å². The summed E-state index contributed by atoms with van der Waals surface area (Å²) in [5, 5.41) is 43.9. The van der Waals surface area contributed by atoms with Gasteiger partial charge in [0.05, 0.1) is 36.1 Å². The molecule has 1 aromatic rings. The molecule has 0 spiro atoms. The van der Waals surface area contributed by atoms with E-state index in [0.717, 1.165) is 16.0 Å². The number of ether oxygens (including phenoxy) is 5. The number of piperidine rings is 1. The van der Waals surface area contributed by atoms with Gasteiger partial charge in [-0.05, 0) is 113 Å². The molecule has 366 valence electrons. The minimum atomic E-state index is -2.55. The van der Waals surface area contributed by atoms with Crippen LogP contribution < -0.4 is 0 Å². The number of carbonyl (C=O) groups excluding carboxylic acids is 4. The number of esters is 1. The summed E-state index contributed by atoms with van der Waals surface area (Å²) in [6.07, 6.45) is 6.02. The molecule has 4 N–H and O–H groups in total. The predicted molar refractivity (Wildman–Crippen MR) is 245 cm³/mol. The number of benzene rings is 1. The highest BCUT2D eigenvalue weighted by Crippen LogP contribution is 2.39. The van der Waals surface area contributed by atoms with Gasteiger partial charge in [-0.1, -0.05) is 62.8 Å². The standard InChI is InChI=1S/C51H73NO14/c1-29-22-30(2)24-43(63-7)46-44(64-8)26-32(4)51(61,66-46)47(56)48(57)52-21-10-9-14-38(52)50(60)65-45(31(3)25-35-17-20-39(53)42(27-35)62-6)33(5)40(54)28-41(55)37(23-29)13-11-12-34-15-18-36(19-16-34)49(58)59/h11-12,15-16,18-19,23,25,30,32-33,35,37-40,42-46,53-54,61H,9-10,13-14,17,20-22,24,26-28H2,1-8H3,(H,58,59)/b12-11+,29-23+,31-25+/t30-,32+,33+,35-,37?,38-,39+,40-,42+,43-,44-,45+,46+,51+/m0/s1. The van der Waals surface area contributed by atoms with Gasteiger partial charge in [0, 0.05) is 52.0 Å². The SMILES string of the molecule is CO[C@H]1C[C@@H](C)C/C(C)=C/C(C/C=C/c2ccc(C(=O)O)cc2)C(=O)C[C@H](O)[C@@H](C)[C@@H](/C(C)=C/[C@@H]2CC[C@@H](O)[C@H](OC)C2)OC(=O)[C@@H]2CCCCN2C(=O)C(=O)[C@]2(O)O[C@H]1[C@@H](OC)C[C@H]2C. The highest BCUT2D eigenvalue weighted by Gasteiger charge is 2.56. The van der Waals surface area contributed by atoms with Crippen LogP contribution in [-0.2, 0) is 42.9 Å². The predicted octanol–water partition coefficient (Wildman–Crippen LogP) is 5.86. The first-order valence-corrected chi connectivity index (χ1v) is 23.6. The number of cyclic esters (lactones) is 1. The summed E-state index contributed by atoms with van der Waals surface area (Å²) in [5.41, 5.74) is 2.42. The summed E-state index contributed by atoms with van der Waals surface area (Å²) in [5.74, 6) is -9.32. The molecule has 14 atom stereocenters. The van der Waals surface area contributed by atoms with Crippen LogP contribution in [0.3, 0.4) is 0 Å². The molecule has 1 aromatic carbocycles. The fraction of sp³-hybridized carbons (Fsp3) is 0.667. The van der Waals surface area contributed by atoms with E-state index in [9.17, 15) is 44.4 Å². The van der Waals surface area contributed by atoms with E-state index >= 15 is 0 Å². The first kappa shape index (κ1) is 52.9. The quantitative estimate of drug-likeness (QED) is 0.130. The van der Waals surface area contributed by atoms with Gasteiger partial charge in [-0.15, -0.1) is 0 Å². The summed E-state index contributed by atoms with van der Waals surface area (Å²) in [6.45, 7) is 9.13. The Kier molecular flexibility index (Phi) is 19.0. The number of amides is 1. The van der Waals surface area contributed by atoms with E-state index in [1.165, 1.54) is 26.4 Å². The van der Waals surface area contributed by atoms with Gasteiger partial charge in [0.15, 0.2) is 0 Å². The number of ketones is 2. The Balaban J connectivity index is 1.55. The van der Waals surface area contributed by atoms with Crippen LogP contribution in [-0.4, -0.2) is 137 Å². The molecule has 3 fully saturated rings. The molecule has 15 heteroatoms. The molecule has 1 amide bonds. The van der Waals surface area contributed by atoms with Crippen molar-refractivity contribution in [3.8, 4) is 0 Å². The lowest BCUT2D eigenvalue weighted by atomic mass is 9.81. The van der Waals surface area contributed by atoms with Gasteiger partial charge in [0.2, 0.25) is 5.79 Å². The van der Waals surface area contributed by atoms with Crippen molar-refractivity contribution in [2.75, 3.05) is 27.9 Å². The summed E-state index contributed by atoms with van der Waals surface area (Å²) < 4.78 is 30.0. The van der Waals surface area contributed by atoms with Gasteiger partial charge < -0.3 is 49.0 Å². The third kappa shape index (κ3) is 12.9. The Morgan fingerprint density at radius 2 is 1.55 bits per heavy atom. The van der Waals surface area contributed by atoms with Crippen molar-refractivity contribution in [3.05, 3.63) is 64.8 Å². The van der Waals surface area contributed by atoms with Crippen molar-refractivity contribution in [2.24, 2.45) is 29.6 Å². The molecule has 0 aromatic heterocycles. The fourth-order valence-electron chi connectivity index (χ4n) is 10.3. The lowest BCUT2D eigenvalue weighted by Crippen LogP contribution is -2.64. The van der Waals surface area contributed by atoms with Gasteiger partial charge in [0.25, 0.3) is 11.7 Å². The summed E-state index contributed by atoms with van der Waals surface area (Å²) in [7, 11) is 4.57. The third-order valence-corrected chi connectivity index (χ3v) is 14.3. The van der Waals surface area contributed by atoms with E-state index in [0.29, 0.717) is 50.5 Å². The van der Waals surface area contributed by atoms with E-state index in [1.807, 2.05) is 38.2 Å². The number of aromatic carboxylic acids is 1. The topological polar surface area (TPSA) is 216 Å². The first-order valence-electron chi connectivity index (χ1n) is 23.6. The van der Waals surface area contributed by atoms with Crippen molar-refractivity contribution >= 4 is 35.5 Å². The molecule has 0 radical (unpaired) electrons. The average Bonchev–Trinajstić information content (AvgIpc) is 3.29. The largest absolute Gasteiger partial charge is 0.478 e. The maximum Gasteiger partial charge on any atom is 0.335 e. The number of hydrogen-bond donors (Lipinski definition) is 4. The van der Waals surface area contributed by atoms with Gasteiger partial charge in [-0.25, -0.2) is 9.59 Å². The van der Waals surface area contributed by atoms with E-state index in [2.05, 4.69) is 0 Å². The molecular weight excluding hydrogens is 851 g/mol. The van der Waals surface area contributed by atoms with Crippen LogP contribution in [0, 0.1) is 29.6 Å². The Morgan fingerprint density at radius 3 is 2.20 bits per heavy atom. The molecule has 1 unspecified atom stereocenters. The normalized spacial score (nSPS) is 37.1. The number of nitrogens with zero attached hydrogens (tertiary/aromatic N) is 1. The highest BCUT2D eigenvalue weighted by molar-refractivity contribution is 6.39. The molecule has 1 saturated carbocycles. The molecule has 5 rings (SSSR count). The molecule has 4 aliphatic rings. The second-order valence-electron chi connectivity index (χ2n) is 19.3. The average molecular weight is 924 g/mol. The number of carboxylic acids is 1. The van der Waals surface area contributed by atoms with Crippen molar-refractivity contribution in [2.45, 2.75) is 160 Å². The highest BCUT2D eigenvalue weighted by atomic mass is 16.7. The zero-order valence-corrected chi connectivity index (χ0v) is 39.9. The minimum absolute atomic E-state index is 0.0528. The number of rotatable bonds is 9. The lowest BCUT2D eigenvalue weighted by Gasteiger charge is -2.47. The van der Waals surface area contributed by atoms with Crippen LogP contribution in [0.5, 0.6) is 0 Å². The number of methoxy groups -OCH3 is 3. The fourth-order valence-corrected chi connectivity index (χ4v) is 10.3. The first-order chi connectivity index (χ1) is 31.3. The van der Waals surface area contributed by atoms with Crippen LogP contribution in [0.15, 0.2) is 53.6 Å². The monoisotopic (exact) mass is 924 g/mol. The number of carboxylic acid groups (broad SMARTS) is 1. The number of fused-ring (bicyclic) bond motifs is 3. The van der Waals surface area contributed by atoms with Crippen molar-refractivity contribution in [1.29, 1.82) is 0 Å². The molecule has 15 nitrogen and oxygen atoms in total. The number of allylic oxidation sites excluding steroid dienone is 4. The Labute approximate surface area is 389 Å².